The average Bonchev–Trinajstić information content (AvgIpc) is 3.22. The first-order chi connectivity index (χ1) is 9.10. The lowest BCUT2D eigenvalue weighted by atomic mass is 10.2. The number of nitrogens with zero attached hydrogens (tertiary/aromatic N) is 2. The summed E-state index contributed by atoms with van der Waals surface area (Å²) in [7, 11) is 1.46. The highest BCUT2D eigenvalue weighted by atomic mass is 16.5. The van der Waals surface area contributed by atoms with E-state index in [2.05, 4.69) is 29.0 Å². The van der Waals surface area contributed by atoms with Crippen LogP contribution in [0.4, 0.5) is 0 Å². The Balaban J connectivity index is 1.78. The number of nitrogens with one attached hydrogen (secondary N) is 1. The van der Waals surface area contributed by atoms with Crippen molar-refractivity contribution in [2.75, 3.05) is 39.8 Å². The molecular weight excluding hydrogens is 242 g/mol. The number of rotatable bonds is 6. The Hall–Kier alpha value is -0.650. The highest BCUT2D eigenvalue weighted by molar-refractivity contribution is 5.76. The van der Waals surface area contributed by atoms with Crippen LogP contribution in [0.5, 0.6) is 0 Å². The first kappa shape index (κ1) is 14.8. The molecule has 110 valence electrons. The Kier molecular flexibility index (Phi) is 5.19. The molecule has 1 aliphatic carbocycles. The van der Waals surface area contributed by atoms with Crippen molar-refractivity contribution in [2.24, 2.45) is 0 Å². The van der Waals surface area contributed by atoms with Crippen molar-refractivity contribution in [3.05, 3.63) is 0 Å². The van der Waals surface area contributed by atoms with Gasteiger partial charge in [0, 0.05) is 44.8 Å². The van der Waals surface area contributed by atoms with Crippen molar-refractivity contribution in [3.8, 4) is 0 Å². The Morgan fingerprint density at radius 1 is 1.26 bits per heavy atom. The summed E-state index contributed by atoms with van der Waals surface area (Å²) in [5, 5.41) is 3.29. The van der Waals surface area contributed by atoms with E-state index in [0.717, 1.165) is 38.8 Å². The zero-order valence-corrected chi connectivity index (χ0v) is 12.4. The average molecular weight is 269 g/mol. The summed E-state index contributed by atoms with van der Waals surface area (Å²) in [4.78, 5) is 16.7. The number of ether oxygens (including phenoxy) is 1. The molecule has 1 aliphatic heterocycles. The predicted molar refractivity (Wildman–Crippen MR) is 75.1 cm³/mol. The number of esters is 1. The van der Waals surface area contributed by atoms with Crippen LogP contribution < -0.4 is 5.32 Å². The summed E-state index contributed by atoms with van der Waals surface area (Å²) in [5.41, 5.74) is 0. The number of hydrogen-bond donors (Lipinski definition) is 1. The van der Waals surface area contributed by atoms with Crippen LogP contribution in [-0.2, 0) is 9.53 Å². The lowest BCUT2D eigenvalue weighted by molar-refractivity contribution is -0.144. The third kappa shape index (κ3) is 4.44. The van der Waals surface area contributed by atoms with Crippen LogP contribution in [-0.4, -0.2) is 73.7 Å². The van der Waals surface area contributed by atoms with Gasteiger partial charge in [0.1, 0.15) is 6.04 Å². The minimum Gasteiger partial charge on any atom is -0.468 e. The molecule has 0 spiro atoms. The summed E-state index contributed by atoms with van der Waals surface area (Å²) in [6, 6.07) is 0.932. The van der Waals surface area contributed by atoms with Crippen LogP contribution in [0.25, 0.3) is 0 Å². The van der Waals surface area contributed by atoms with Gasteiger partial charge in [-0.1, -0.05) is 13.8 Å². The zero-order valence-electron chi connectivity index (χ0n) is 12.4. The molecule has 1 saturated carbocycles. The molecule has 2 rings (SSSR count). The number of carbonyl (C=O) groups is 1. The Morgan fingerprint density at radius 3 is 2.37 bits per heavy atom. The summed E-state index contributed by atoms with van der Waals surface area (Å²) < 4.78 is 4.89. The van der Waals surface area contributed by atoms with Gasteiger partial charge in [0.2, 0.25) is 0 Å². The van der Waals surface area contributed by atoms with Gasteiger partial charge in [-0.2, -0.15) is 0 Å². The monoisotopic (exact) mass is 269 g/mol. The summed E-state index contributed by atoms with van der Waals surface area (Å²) in [6.07, 6.45) is 2.75. The molecule has 5 nitrogen and oxygen atoms in total. The number of hydrogen-bond acceptors (Lipinski definition) is 5. The predicted octanol–water partition coefficient (Wildman–Crippen LogP) is 0.306. The molecule has 19 heavy (non-hydrogen) atoms. The van der Waals surface area contributed by atoms with E-state index in [9.17, 15) is 4.79 Å². The first-order valence-electron chi connectivity index (χ1n) is 7.40. The number of piperazine rings is 1. The second-order valence-corrected chi connectivity index (χ2v) is 5.96. The van der Waals surface area contributed by atoms with E-state index in [1.165, 1.54) is 20.0 Å². The molecule has 0 aromatic heterocycles. The van der Waals surface area contributed by atoms with E-state index in [1.807, 2.05) is 0 Å². The molecule has 2 aliphatic rings. The highest BCUT2D eigenvalue weighted by Gasteiger charge is 2.32. The van der Waals surface area contributed by atoms with Gasteiger partial charge in [-0.3, -0.25) is 14.6 Å². The lowest BCUT2D eigenvalue weighted by Gasteiger charge is -2.36. The minimum absolute atomic E-state index is 0.154. The molecule has 0 aromatic carbocycles. The third-order valence-corrected chi connectivity index (χ3v) is 3.93. The SMILES string of the molecule is COC(=O)C(CN1CCN(C2CC2)CC1)NC(C)C. The minimum atomic E-state index is -0.211. The fourth-order valence-corrected chi connectivity index (χ4v) is 2.75. The van der Waals surface area contributed by atoms with Gasteiger partial charge in [-0.25, -0.2) is 0 Å². The number of methoxy groups -OCH3 is 1. The Labute approximate surface area is 116 Å². The molecular formula is C14H27N3O2. The molecule has 2 fully saturated rings. The lowest BCUT2D eigenvalue weighted by Crippen LogP contribution is -2.54. The third-order valence-electron chi connectivity index (χ3n) is 3.93. The first-order valence-corrected chi connectivity index (χ1v) is 7.40. The van der Waals surface area contributed by atoms with Crippen molar-refractivity contribution in [1.29, 1.82) is 0 Å². The standard InChI is InChI=1S/C14H27N3O2/c1-11(2)15-13(14(18)19-3)10-16-6-8-17(9-7-16)12-4-5-12/h11-13,15H,4-10H2,1-3H3. The maximum Gasteiger partial charge on any atom is 0.324 e. The van der Waals surface area contributed by atoms with E-state index < -0.39 is 0 Å². The van der Waals surface area contributed by atoms with Crippen molar-refractivity contribution in [1.82, 2.24) is 15.1 Å². The molecule has 0 aromatic rings. The molecule has 0 amide bonds. The highest BCUT2D eigenvalue weighted by Crippen LogP contribution is 2.27. The fraction of sp³-hybridized carbons (Fsp3) is 0.929. The van der Waals surface area contributed by atoms with Crippen LogP contribution in [0.3, 0.4) is 0 Å². The topological polar surface area (TPSA) is 44.8 Å². The maximum atomic E-state index is 11.8. The summed E-state index contributed by atoms with van der Waals surface area (Å²) in [6.45, 7) is 9.26. The molecule has 0 radical (unpaired) electrons. The van der Waals surface area contributed by atoms with Gasteiger partial charge >= 0.3 is 5.97 Å². The van der Waals surface area contributed by atoms with Gasteiger partial charge in [-0.15, -0.1) is 0 Å². The molecule has 1 N–H and O–H groups in total. The van der Waals surface area contributed by atoms with Gasteiger partial charge in [0.05, 0.1) is 7.11 Å². The van der Waals surface area contributed by atoms with Crippen LogP contribution in [0.2, 0.25) is 0 Å². The van der Waals surface area contributed by atoms with E-state index in [0.29, 0.717) is 0 Å². The van der Waals surface area contributed by atoms with Gasteiger partial charge in [-0.05, 0) is 12.8 Å². The largest absolute Gasteiger partial charge is 0.468 e. The number of carbonyl (C=O) groups excluding carboxylic acids is 1. The van der Waals surface area contributed by atoms with Crippen molar-refractivity contribution in [2.45, 2.75) is 44.8 Å². The van der Waals surface area contributed by atoms with Crippen LogP contribution in [0.1, 0.15) is 26.7 Å². The Bertz CT molecular complexity index is 297. The fourth-order valence-electron chi connectivity index (χ4n) is 2.75. The van der Waals surface area contributed by atoms with Crippen LogP contribution in [0, 0.1) is 0 Å². The molecule has 0 bridgehead atoms. The van der Waals surface area contributed by atoms with Crippen molar-refractivity contribution < 1.29 is 9.53 Å². The van der Waals surface area contributed by atoms with E-state index in [4.69, 9.17) is 4.74 Å². The van der Waals surface area contributed by atoms with E-state index in [-0.39, 0.29) is 18.1 Å². The summed E-state index contributed by atoms with van der Waals surface area (Å²) in [5.74, 6) is -0.154. The maximum absolute atomic E-state index is 11.8. The summed E-state index contributed by atoms with van der Waals surface area (Å²) >= 11 is 0. The van der Waals surface area contributed by atoms with Gasteiger partial charge < -0.3 is 10.1 Å². The van der Waals surface area contributed by atoms with Crippen molar-refractivity contribution in [3.63, 3.8) is 0 Å². The van der Waals surface area contributed by atoms with Crippen LogP contribution >= 0.6 is 0 Å². The van der Waals surface area contributed by atoms with Gasteiger partial charge in [0.15, 0.2) is 0 Å². The van der Waals surface area contributed by atoms with Gasteiger partial charge in [0.25, 0.3) is 0 Å². The smallest absolute Gasteiger partial charge is 0.324 e. The normalized spacial score (nSPS) is 23.6. The van der Waals surface area contributed by atoms with E-state index >= 15 is 0 Å². The second-order valence-electron chi connectivity index (χ2n) is 5.96. The zero-order chi connectivity index (χ0) is 13.8. The molecule has 1 unspecified atom stereocenters. The Morgan fingerprint density at radius 2 is 1.89 bits per heavy atom. The quantitative estimate of drug-likeness (QED) is 0.703. The molecule has 1 heterocycles. The van der Waals surface area contributed by atoms with E-state index in [1.54, 1.807) is 0 Å². The molecule has 1 atom stereocenters. The van der Waals surface area contributed by atoms with Crippen molar-refractivity contribution >= 4 is 5.97 Å². The molecule has 1 saturated heterocycles. The second kappa shape index (κ2) is 6.68. The molecule has 5 heteroatoms. The van der Waals surface area contributed by atoms with Crippen LogP contribution in [0.15, 0.2) is 0 Å².